The summed E-state index contributed by atoms with van der Waals surface area (Å²) >= 11 is 0. The Morgan fingerprint density at radius 1 is 0.718 bits per heavy atom. The van der Waals surface area contributed by atoms with Gasteiger partial charge in [0.25, 0.3) is 0 Å². The first-order chi connectivity index (χ1) is 18.3. The van der Waals surface area contributed by atoms with Crippen LogP contribution in [0.15, 0.2) is 48.5 Å². The van der Waals surface area contributed by atoms with Gasteiger partial charge in [-0.1, -0.05) is 24.3 Å². The number of carboxylic acids is 1. The monoisotopic (exact) mass is 543 g/mol. The second kappa shape index (κ2) is 14.3. The van der Waals surface area contributed by atoms with Gasteiger partial charge in [0, 0.05) is 19.3 Å². The molecular weight excluding hydrogens is 510 g/mol. The zero-order valence-electron chi connectivity index (χ0n) is 21.3. The fourth-order valence-electron chi connectivity index (χ4n) is 3.55. The Kier molecular flexibility index (Phi) is 11.2. The first kappa shape index (κ1) is 30.6. The Balaban J connectivity index is 2.31. The van der Waals surface area contributed by atoms with Gasteiger partial charge in [-0.25, -0.2) is 4.79 Å². The van der Waals surface area contributed by atoms with Crippen LogP contribution in [0.25, 0.3) is 0 Å². The molecule has 0 heterocycles. The Morgan fingerprint density at radius 2 is 1.10 bits per heavy atom. The summed E-state index contributed by atoms with van der Waals surface area (Å²) in [5, 5.41) is 36.0. The van der Waals surface area contributed by atoms with Crippen molar-refractivity contribution in [3.05, 3.63) is 59.7 Å². The zero-order valence-corrected chi connectivity index (χ0v) is 21.3. The molecule has 2 aromatic rings. The molecule has 2 aromatic carbocycles. The van der Waals surface area contributed by atoms with Crippen molar-refractivity contribution in [2.24, 2.45) is 11.5 Å². The summed E-state index contributed by atoms with van der Waals surface area (Å²) < 4.78 is 0. The number of carboxylic acid groups (broad SMARTS) is 1. The average molecular weight is 544 g/mol. The Bertz CT molecular complexity index is 1170. The molecule has 0 aliphatic heterocycles. The van der Waals surface area contributed by atoms with Crippen LogP contribution in [0.1, 0.15) is 30.9 Å². The number of phenols is 2. The molecule has 0 aliphatic rings. The minimum Gasteiger partial charge on any atom is -0.508 e. The molecule has 10 N–H and O–H groups in total. The van der Waals surface area contributed by atoms with Gasteiger partial charge in [0.1, 0.15) is 29.6 Å². The van der Waals surface area contributed by atoms with E-state index in [1.165, 1.54) is 43.3 Å². The van der Waals surface area contributed by atoms with Crippen molar-refractivity contribution in [1.29, 1.82) is 0 Å². The topological polar surface area (TPSA) is 234 Å². The van der Waals surface area contributed by atoms with E-state index in [1.54, 1.807) is 12.1 Å². The number of aliphatic carboxylic acids is 1. The van der Waals surface area contributed by atoms with E-state index in [1.807, 2.05) is 0 Å². The highest BCUT2D eigenvalue weighted by molar-refractivity contribution is 5.94. The van der Waals surface area contributed by atoms with E-state index in [4.69, 9.17) is 11.5 Å². The minimum absolute atomic E-state index is 0.00547. The van der Waals surface area contributed by atoms with E-state index in [0.717, 1.165) is 0 Å². The van der Waals surface area contributed by atoms with Gasteiger partial charge in [0.05, 0.1) is 6.04 Å². The molecule has 0 aliphatic carbocycles. The molecule has 0 spiro atoms. The molecule has 39 heavy (non-hydrogen) atoms. The molecule has 0 fully saturated rings. The van der Waals surface area contributed by atoms with Crippen LogP contribution in [-0.4, -0.2) is 69.1 Å². The quantitative estimate of drug-likeness (QED) is 0.146. The maximum absolute atomic E-state index is 13.4. The van der Waals surface area contributed by atoms with E-state index >= 15 is 0 Å². The lowest BCUT2D eigenvalue weighted by molar-refractivity contribution is -0.142. The number of nitrogens with two attached hydrogens (primary N) is 2. The Morgan fingerprint density at radius 3 is 1.46 bits per heavy atom. The van der Waals surface area contributed by atoms with Gasteiger partial charge < -0.3 is 42.7 Å². The zero-order chi connectivity index (χ0) is 29.1. The van der Waals surface area contributed by atoms with Crippen LogP contribution < -0.4 is 27.4 Å². The number of carbonyl (C=O) groups is 5. The number of amides is 4. The summed E-state index contributed by atoms with van der Waals surface area (Å²) in [7, 11) is 0. The summed E-state index contributed by atoms with van der Waals surface area (Å²) in [6, 6.07) is 6.91. The number of primary amides is 1. The van der Waals surface area contributed by atoms with E-state index < -0.39 is 53.8 Å². The Labute approximate surface area is 224 Å². The second-order valence-electron chi connectivity index (χ2n) is 9.06. The number of carbonyl (C=O) groups excluding carboxylic acids is 4. The molecule has 13 heteroatoms. The highest BCUT2D eigenvalue weighted by Crippen LogP contribution is 2.14. The minimum atomic E-state index is -1.45. The first-order valence-electron chi connectivity index (χ1n) is 12.1. The molecule has 210 valence electrons. The molecule has 0 saturated heterocycles. The lowest BCUT2D eigenvalue weighted by Crippen LogP contribution is -2.58. The SMILES string of the molecule is CC(N)C(=O)NC(Cc1ccc(O)cc1)C(=O)NC(Cc1ccc(O)cc1)C(=O)NC(CCC(N)=O)C(=O)O. The number of aromatic hydroxyl groups is 2. The van der Waals surface area contributed by atoms with Gasteiger partial charge in [-0.15, -0.1) is 0 Å². The molecular formula is C26H33N5O8. The third-order valence-corrected chi connectivity index (χ3v) is 5.73. The molecule has 13 nitrogen and oxygen atoms in total. The van der Waals surface area contributed by atoms with E-state index in [2.05, 4.69) is 16.0 Å². The van der Waals surface area contributed by atoms with Crippen molar-refractivity contribution >= 4 is 29.6 Å². The average Bonchev–Trinajstić information content (AvgIpc) is 2.87. The molecule has 0 bridgehead atoms. The predicted octanol–water partition coefficient (Wildman–Crippen LogP) is -0.965. The summed E-state index contributed by atoms with van der Waals surface area (Å²) in [4.78, 5) is 61.6. The van der Waals surface area contributed by atoms with Crippen molar-refractivity contribution in [3.63, 3.8) is 0 Å². The maximum atomic E-state index is 13.4. The Hall–Kier alpha value is -4.65. The third-order valence-electron chi connectivity index (χ3n) is 5.73. The van der Waals surface area contributed by atoms with Crippen LogP contribution in [0.2, 0.25) is 0 Å². The first-order valence-corrected chi connectivity index (χ1v) is 12.1. The van der Waals surface area contributed by atoms with Crippen LogP contribution in [-0.2, 0) is 36.8 Å². The van der Waals surface area contributed by atoms with Crippen molar-refractivity contribution < 1.29 is 39.3 Å². The standard InChI is InChI=1S/C26H33N5O8/c1-14(27)23(35)30-20(12-15-2-6-17(32)7-3-15)25(37)31-21(13-16-4-8-18(33)9-5-16)24(36)29-19(26(38)39)10-11-22(28)34/h2-9,14,19-21,32-33H,10-13,27H2,1H3,(H2,28,34)(H,29,36)(H,30,35)(H,31,37)(H,38,39). The largest absolute Gasteiger partial charge is 0.508 e. The number of phenolic OH excluding ortho intramolecular Hbond substituents is 2. The number of hydrogen-bond acceptors (Lipinski definition) is 8. The lowest BCUT2D eigenvalue weighted by Gasteiger charge is -2.25. The van der Waals surface area contributed by atoms with Crippen LogP contribution in [0.4, 0.5) is 0 Å². The summed E-state index contributed by atoms with van der Waals surface area (Å²) in [5.74, 6) is -4.37. The van der Waals surface area contributed by atoms with Gasteiger partial charge in [0.15, 0.2) is 0 Å². The summed E-state index contributed by atoms with van der Waals surface area (Å²) in [6.45, 7) is 1.43. The van der Waals surface area contributed by atoms with Crippen molar-refractivity contribution in [2.75, 3.05) is 0 Å². The molecule has 0 saturated carbocycles. The van der Waals surface area contributed by atoms with Crippen molar-refractivity contribution in [2.45, 2.75) is 56.8 Å². The van der Waals surface area contributed by atoms with Crippen LogP contribution in [0.5, 0.6) is 11.5 Å². The van der Waals surface area contributed by atoms with Crippen molar-refractivity contribution in [3.8, 4) is 11.5 Å². The van der Waals surface area contributed by atoms with Crippen LogP contribution >= 0.6 is 0 Å². The molecule has 0 radical (unpaired) electrons. The molecule has 4 unspecified atom stereocenters. The fourth-order valence-corrected chi connectivity index (χ4v) is 3.55. The number of nitrogens with one attached hydrogen (secondary N) is 3. The van der Waals surface area contributed by atoms with Gasteiger partial charge in [0.2, 0.25) is 23.6 Å². The van der Waals surface area contributed by atoms with E-state index in [9.17, 15) is 39.3 Å². The maximum Gasteiger partial charge on any atom is 0.326 e. The summed E-state index contributed by atoms with van der Waals surface area (Å²) in [6.07, 6.45) is -0.643. The van der Waals surface area contributed by atoms with Crippen molar-refractivity contribution in [1.82, 2.24) is 16.0 Å². The van der Waals surface area contributed by atoms with Gasteiger partial charge >= 0.3 is 5.97 Å². The smallest absolute Gasteiger partial charge is 0.326 e. The van der Waals surface area contributed by atoms with E-state index in [0.29, 0.717) is 11.1 Å². The number of hydrogen-bond donors (Lipinski definition) is 8. The highest BCUT2D eigenvalue weighted by Gasteiger charge is 2.30. The van der Waals surface area contributed by atoms with Crippen LogP contribution in [0, 0.1) is 0 Å². The molecule has 0 aromatic heterocycles. The lowest BCUT2D eigenvalue weighted by atomic mass is 10.0. The highest BCUT2D eigenvalue weighted by atomic mass is 16.4. The van der Waals surface area contributed by atoms with Gasteiger partial charge in [-0.3, -0.25) is 19.2 Å². The summed E-state index contributed by atoms with van der Waals surface area (Å²) in [5.41, 5.74) is 11.9. The van der Waals surface area contributed by atoms with Gasteiger partial charge in [-0.2, -0.15) is 0 Å². The molecule has 4 amide bonds. The predicted molar refractivity (Wildman–Crippen MR) is 139 cm³/mol. The second-order valence-corrected chi connectivity index (χ2v) is 9.06. The number of rotatable bonds is 14. The number of benzene rings is 2. The molecule has 2 rings (SSSR count). The van der Waals surface area contributed by atoms with E-state index in [-0.39, 0.29) is 37.2 Å². The fraction of sp³-hybridized carbons (Fsp3) is 0.346. The van der Waals surface area contributed by atoms with Gasteiger partial charge in [-0.05, 0) is 48.7 Å². The molecule has 4 atom stereocenters. The van der Waals surface area contributed by atoms with Crippen LogP contribution in [0.3, 0.4) is 0 Å². The normalized spacial score (nSPS) is 13.8. The third kappa shape index (κ3) is 10.3.